The predicted octanol–water partition coefficient (Wildman–Crippen LogP) is 1.72. The van der Waals surface area contributed by atoms with Crippen molar-refractivity contribution in [3.05, 3.63) is 35.4 Å². The Morgan fingerprint density at radius 3 is 2.30 bits per heavy atom. The second kappa shape index (κ2) is 7.87. The first kappa shape index (κ1) is 19.7. The highest BCUT2D eigenvalue weighted by Crippen LogP contribution is 2.29. The average molecular weight is 412 g/mol. The van der Waals surface area contributed by atoms with Crippen LogP contribution in [0.3, 0.4) is 0 Å². The van der Waals surface area contributed by atoms with E-state index in [1.807, 2.05) is 36.0 Å². The van der Waals surface area contributed by atoms with E-state index in [0.29, 0.717) is 31.9 Å². The van der Waals surface area contributed by atoms with E-state index >= 15 is 0 Å². The van der Waals surface area contributed by atoms with Gasteiger partial charge in [-0.15, -0.1) is 10.2 Å². The maximum atomic E-state index is 12.9. The highest BCUT2D eigenvalue weighted by atomic mass is 35.5. The minimum Gasteiger partial charge on any atom is -0.495 e. The number of halogens is 1. The highest BCUT2D eigenvalue weighted by Gasteiger charge is 2.29. The van der Waals surface area contributed by atoms with E-state index in [1.54, 1.807) is 6.07 Å². The van der Waals surface area contributed by atoms with Crippen LogP contribution in [0.25, 0.3) is 0 Å². The van der Waals surface area contributed by atoms with Crippen molar-refractivity contribution >= 4 is 33.3 Å². The highest BCUT2D eigenvalue weighted by molar-refractivity contribution is 7.89. The van der Waals surface area contributed by atoms with Crippen molar-refractivity contribution in [2.75, 3.05) is 57.2 Å². The Hall–Kier alpha value is -2.10. The van der Waals surface area contributed by atoms with Crippen molar-refractivity contribution in [2.45, 2.75) is 4.90 Å². The van der Waals surface area contributed by atoms with Gasteiger partial charge in [-0.1, -0.05) is 11.6 Å². The van der Waals surface area contributed by atoms with E-state index in [-0.39, 0.29) is 9.92 Å². The largest absolute Gasteiger partial charge is 0.495 e. The number of ether oxygens (including phenoxy) is 1. The Bertz CT molecular complexity index is 897. The van der Waals surface area contributed by atoms with Gasteiger partial charge in [0.15, 0.2) is 11.6 Å². The van der Waals surface area contributed by atoms with Crippen LogP contribution >= 0.6 is 11.6 Å². The summed E-state index contributed by atoms with van der Waals surface area (Å²) < 4.78 is 32.3. The lowest BCUT2D eigenvalue weighted by Crippen LogP contribution is -2.49. The lowest BCUT2D eigenvalue weighted by Gasteiger charge is -2.34. The summed E-state index contributed by atoms with van der Waals surface area (Å²) in [5, 5.41) is 8.68. The third-order valence-corrected chi connectivity index (χ3v) is 6.61. The van der Waals surface area contributed by atoms with Crippen LogP contribution in [0.1, 0.15) is 0 Å². The maximum absolute atomic E-state index is 12.9. The number of piperazine rings is 1. The fraction of sp³-hybridized carbons (Fsp3) is 0.412. The monoisotopic (exact) mass is 411 g/mol. The maximum Gasteiger partial charge on any atom is 0.243 e. The van der Waals surface area contributed by atoms with Crippen LogP contribution in [-0.2, 0) is 10.0 Å². The van der Waals surface area contributed by atoms with Crippen molar-refractivity contribution < 1.29 is 13.2 Å². The molecule has 1 saturated heterocycles. The molecule has 0 spiro atoms. The number of sulfonamides is 1. The van der Waals surface area contributed by atoms with E-state index in [9.17, 15) is 8.42 Å². The first-order valence-corrected chi connectivity index (χ1v) is 10.2. The molecule has 3 rings (SSSR count). The summed E-state index contributed by atoms with van der Waals surface area (Å²) in [5.41, 5.74) is 0. The molecule has 0 bridgehead atoms. The molecule has 27 heavy (non-hydrogen) atoms. The number of methoxy groups -OCH3 is 1. The lowest BCUT2D eigenvalue weighted by atomic mass is 10.3. The summed E-state index contributed by atoms with van der Waals surface area (Å²) in [6.45, 7) is 1.81. The quantitative estimate of drug-likeness (QED) is 0.741. The Balaban J connectivity index is 1.70. The number of anilines is 2. The van der Waals surface area contributed by atoms with Crippen LogP contribution in [0.4, 0.5) is 11.6 Å². The summed E-state index contributed by atoms with van der Waals surface area (Å²) >= 11 is 6.08. The fourth-order valence-corrected chi connectivity index (χ4v) is 4.61. The number of hydrogen-bond donors (Lipinski definition) is 0. The van der Waals surface area contributed by atoms with Crippen molar-refractivity contribution in [3.63, 3.8) is 0 Å². The second-order valence-electron chi connectivity index (χ2n) is 6.33. The Morgan fingerprint density at radius 2 is 1.78 bits per heavy atom. The SMILES string of the molecule is COc1ccc(S(=O)(=O)N2CCN(c3ccc(N(C)C)nn3)CC2)cc1Cl. The molecule has 8 nitrogen and oxygen atoms in total. The van der Waals surface area contributed by atoms with Gasteiger partial charge in [-0.3, -0.25) is 0 Å². The van der Waals surface area contributed by atoms with Gasteiger partial charge in [0, 0.05) is 40.3 Å². The van der Waals surface area contributed by atoms with Gasteiger partial charge in [0.2, 0.25) is 10.0 Å². The molecule has 1 aliphatic heterocycles. The van der Waals surface area contributed by atoms with Gasteiger partial charge in [-0.2, -0.15) is 4.31 Å². The molecule has 1 aromatic carbocycles. The molecule has 1 aromatic heterocycles. The summed E-state index contributed by atoms with van der Waals surface area (Å²) in [4.78, 5) is 4.07. The molecule has 1 aliphatic rings. The van der Waals surface area contributed by atoms with Crippen LogP contribution < -0.4 is 14.5 Å². The van der Waals surface area contributed by atoms with Crippen molar-refractivity contribution in [1.29, 1.82) is 0 Å². The minimum atomic E-state index is -3.61. The molecule has 0 N–H and O–H groups in total. The predicted molar refractivity (Wildman–Crippen MR) is 105 cm³/mol. The van der Waals surface area contributed by atoms with Gasteiger partial charge >= 0.3 is 0 Å². The number of aromatic nitrogens is 2. The molecule has 1 fully saturated rings. The molecular weight excluding hydrogens is 390 g/mol. The molecule has 0 amide bonds. The van der Waals surface area contributed by atoms with Crippen LogP contribution in [0, 0.1) is 0 Å². The topological polar surface area (TPSA) is 78.9 Å². The summed E-state index contributed by atoms with van der Waals surface area (Å²) in [7, 11) is 1.68. The normalized spacial score (nSPS) is 15.6. The lowest BCUT2D eigenvalue weighted by molar-refractivity contribution is 0.383. The molecule has 146 valence electrons. The third kappa shape index (κ3) is 4.10. The standard InChI is InChI=1S/C17H22ClN5O3S/c1-21(2)16-6-7-17(20-19-16)22-8-10-23(11-9-22)27(24,25)13-4-5-15(26-3)14(18)12-13/h4-7,12H,8-11H2,1-3H3. The molecule has 0 saturated carbocycles. The van der Waals surface area contributed by atoms with Crippen LogP contribution in [0.15, 0.2) is 35.2 Å². The molecule has 0 radical (unpaired) electrons. The summed E-state index contributed by atoms with van der Waals surface area (Å²) in [5.74, 6) is 1.96. The van der Waals surface area contributed by atoms with Gasteiger partial charge in [0.25, 0.3) is 0 Å². The number of benzene rings is 1. The zero-order chi connectivity index (χ0) is 19.6. The zero-order valence-corrected chi connectivity index (χ0v) is 17.0. The van der Waals surface area contributed by atoms with Crippen LogP contribution in [0.2, 0.25) is 5.02 Å². The van der Waals surface area contributed by atoms with E-state index in [4.69, 9.17) is 16.3 Å². The Labute approximate surface area is 164 Å². The Morgan fingerprint density at radius 1 is 1.07 bits per heavy atom. The van der Waals surface area contributed by atoms with E-state index < -0.39 is 10.0 Å². The Kier molecular flexibility index (Phi) is 5.73. The second-order valence-corrected chi connectivity index (χ2v) is 8.68. The zero-order valence-electron chi connectivity index (χ0n) is 15.5. The number of rotatable bonds is 5. The molecular formula is C17H22ClN5O3S. The third-order valence-electron chi connectivity index (χ3n) is 4.42. The molecule has 0 unspecified atom stereocenters. The molecule has 2 heterocycles. The van der Waals surface area contributed by atoms with Gasteiger partial charge in [-0.05, 0) is 30.3 Å². The van der Waals surface area contributed by atoms with Crippen molar-refractivity contribution in [2.24, 2.45) is 0 Å². The van der Waals surface area contributed by atoms with Crippen LogP contribution in [0.5, 0.6) is 5.75 Å². The van der Waals surface area contributed by atoms with E-state index in [1.165, 1.54) is 23.5 Å². The number of hydrogen-bond acceptors (Lipinski definition) is 7. The molecule has 0 aliphatic carbocycles. The molecule has 10 heteroatoms. The van der Waals surface area contributed by atoms with E-state index in [0.717, 1.165) is 11.6 Å². The minimum absolute atomic E-state index is 0.164. The first-order valence-electron chi connectivity index (χ1n) is 8.42. The smallest absolute Gasteiger partial charge is 0.243 e. The summed E-state index contributed by atoms with van der Waals surface area (Å²) in [6, 6.07) is 8.29. The molecule has 0 atom stereocenters. The molecule has 2 aromatic rings. The first-order chi connectivity index (χ1) is 12.8. The van der Waals surface area contributed by atoms with Crippen molar-refractivity contribution in [1.82, 2.24) is 14.5 Å². The number of nitrogens with zero attached hydrogens (tertiary/aromatic N) is 5. The van der Waals surface area contributed by atoms with E-state index in [2.05, 4.69) is 10.2 Å². The van der Waals surface area contributed by atoms with Gasteiger partial charge in [-0.25, -0.2) is 8.42 Å². The fourth-order valence-electron chi connectivity index (χ4n) is 2.84. The van der Waals surface area contributed by atoms with Crippen LogP contribution in [-0.4, -0.2) is 70.3 Å². The van der Waals surface area contributed by atoms with Gasteiger partial charge in [0.1, 0.15) is 5.75 Å². The summed E-state index contributed by atoms with van der Waals surface area (Å²) in [6.07, 6.45) is 0. The van der Waals surface area contributed by atoms with Gasteiger partial charge < -0.3 is 14.5 Å². The van der Waals surface area contributed by atoms with Gasteiger partial charge in [0.05, 0.1) is 17.0 Å². The van der Waals surface area contributed by atoms with Crippen molar-refractivity contribution in [3.8, 4) is 5.75 Å². The average Bonchev–Trinajstić information content (AvgIpc) is 2.68.